The number of H-pyrrole nitrogens is 1. The molecule has 25 heavy (non-hydrogen) atoms. The number of carbonyl (C=O) groups is 1. The van der Waals surface area contributed by atoms with Crippen molar-refractivity contribution in [3.8, 4) is 5.75 Å². The van der Waals surface area contributed by atoms with Crippen molar-refractivity contribution >= 4 is 28.7 Å². The minimum atomic E-state index is -0.158. The summed E-state index contributed by atoms with van der Waals surface area (Å²) in [5.74, 6) is 2.34. The molecule has 1 aromatic heterocycles. The molecule has 3 aromatic rings. The van der Waals surface area contributed by atoms with Crippen LogP contribution >= 0.6 is 11.8 Å². The SMILES string of the molecule is COc1ccc(C(=O)N[C@@H](CCSC)c2nc3ccccc3[nH]2)cc1. The van der Waals surface area contributed by atoms with Crippen LogP contribution in [0.25, 0.3) is 11.0 Å². The molecule has 0 saturated carbocycles. The number of para-hydroxylation sites is 2. The Morgan fingerprint density at radius 1 is 1.24 bits per heavy atom. The number of aromatic nitrogens is 2. The summed E-state index contributed by atoms with van der Waals surface area (Å²) in [6.45, 7) is 0. The van der Waals surface area contributed by atoms with Gasteiger partial charge in [0.15, 0.2) is 0 Å². The molecule has 1 heterocycles. The van der Waals surface area contributed by atoms with Crippen molar-refractivity contribution in [3.05, 3.63) is 59.9 Å². The number of fused-ring (bicyclic) bond motifs is 1. The largest absolute Gasteiger partial charge is 0.497 e. The van der Waals surface area contributed by atoms with Gasteiger partial charge in [0.05, 0.1) is 24.2 Å². The second kappa shape index (κ2) is 8.07. The molecular formula is C19H21N3O2S. The van der Waals surface area contributed by atoms with Crippen LogP contribution in [0.1, 0.15) is 28.6 Å². The third kappa shape index (κ3) is 4.14. The van der Waals surface area contributed by atoms with E-state index in [1.807, 2.05) is 24.3 Å². The molecule has 0 aliphatic rings. The minimum absolute atomic E-state index is 0.116. The topological polar surface area (TPSA) is 67.0 Å². The number of thioether (sulfide) groups is 1. The molecule has 130 valence electrons. The Bertz CT molecular complexity index is 812. The number of nitrogens with zero attached hydrogens (tertiary/aromatic N) is 1. The Labute approximate surface area is 151 Å². The van der Waals surface area contributed by atoms with Crippen molar-refractivity contribution in [3.63, 3.8) is 0 Å². The first-order chi connectivity index (χ1) is 12.2. The maximum absolute atomic E-state index is 12.6. The Kier molecular flexibility index (Phi) is 5.60. The number of hydrogen-bond donors (Lipinski definition) is 2. The van der Waals surface area contributed by atoms with Crippen LogP contribution in [0.4, 0.5) is 0 Å². The van der Waals surface area contributed by atoms with Crippen molar-refractivity contribution in [2.24, 2.45) is 0 Å². The standard InChI is InChI=1S/C19H21N3O2S/c1-24-14-9-7-13(8-10-14)19(23)22-17(11-12-25-2)18-20-15-5-3-4-6-16(15)21-18/h3-10,17H,11-12H2,1-2H3,(H,20,21)(H,22,23)/t17-/m0/s1. The Balaban J connectivity index is 1.80. The van der Waals surface area contributed by atoms with Crippen LogP contribution < -0.4 is 10.1 Å². The van der Waals surface area contributed by atoms with Gasteiger partial charge < -0.3 is 15.0 Å². The zero-order valence-electron chi connectivity index (χ0n) is 14.3. The summed E-state index contributed by atoms with van der Waals surface area (Å²) < 4.78 is 5.14. The maximum Gasteiger partial charge on any atom is 0.251 e. The summed E-state index contributed by atoms with van der Waals surface area (Å²) in [6, 6.07) is 14.8. The molecule has 0 aliphatic carbocycles. The molecule has 6 heteroatoms. The van der Waals surface area contributed by atoms with Gasteiger partial charge in [0.1, 0.15) is 11.6 Å². The fourth-order valence-corrected chi connectivity index (χ4v) is 3.11. The number of methoxy groups -OCH3 is 1. The number of carbonyl (C=O) groups excluding carboxylic acids is 1. The van der Waals surface area contributed by atoms with Crippen LogP contribution in [0.5, 0.6) is 5.75 Å². The van der Waals surface area contributed by atoms with E-state index in [1.165, 1.54) is 0 Å². The van der Waals surface area contributed by atoms with Gasteiger partial charge in [-0.25, -0.2) is 4.98 Å². The highest BCUT2D eigenvalue weighted by atomic mass is 32.2. The van der Waals surface area contributed by atoms with Crippen LogP contribution in [-0.2, 0) is 0 Å². The van der Waals surface area contributed by atoms with Gasteiger partial charge in [-0.15, -0.1) is 0 Å². The molecule has 2 N–H and O–H groups in total. The lowest BCUT2D eigenvalue weighted by Crippen LogP contribution is -2.29. The van der Waals surface area contributed by atoms with E-state index in [2.05, 4.69) is 21.5 Å². The van der Waals surface area contributed by atoms with Gasteiger partial charge in [-0.3, -0.25) is 4.79 Å². The third-order valence-corrected chi connectivity index (χ3v) is 4.65. The number of hydrogen-bond acceptors (Lipinski definition) is 4. The van der Waals surface area contributed by atoms with Crippen molar-refractivity contribution in [2.45, 2.75) is 12.5 Å². The van der Waals surface area contributed by atoms with Gasteiger partial charge in [0.25, 0.3) is 5.91 Å². The van der Waals surface area contributed by atoms with Crippen molar-refractivity contribution in [2.75, 3.05) is 19.1 Å². The second-order valence-corrected chi connectivity index (χ2v) is 6.66. The molecule has 1 amide bonds. The Morgan fingerprint density at radius 3 is 2.68 bits per heavy atom. The Morgan fingerprint density at radius 2 is 2.00 bits per heavy atom. The summed E-state index contributed by atoms with van der Waals surface area (Å²) in [6.07, 6.45) is 2.86. The molecule has 0 bridgehead atoms. The van der Waals surface area contributed by atoms with E-state index in [-0.39, 0.29) is 11.9 Å². The molecule has 0 fully saturated rings. The van der Waals surface area contributed by atoms with Gasteiger partial charge in [0.2, 0.25) is 0 Å². The number of benzene rings is 2. The van der Waals surface area contributed by atoms with Gasteiger partial charge in [-0.05, 0) is 54.8 Å². The van der Waals surface area contributed by atoms with Crippen molar-refractivity contribution in [1.82, 2.24) is 15.3 Å². The molecule has 5 nitrogen and oxygen atoms in total. The number of amides is 1. The molecule has 0 aliphatic heterocycles. The lowest BCUT2D eigenvalue weighted by atomic mass is 10.1. The molecule has 0 unspecified atom stereocenters. The lowest BCUT2D eigenvalue weighted by molar-refractivity contribution is 0.0934. The maximum atomic E-state index is 12.6. The molecule has 0 spiro atoms. The van der Waals surface area contributed by atoms with Crippen LogP contribution in [-0.4, -0.2) is 35.0 Å². The van der Waals surface area contributed by atoms with Gasteiger partial charge in [-0.1, -0.05) is 12.1 Å². The highest BCUT2D eigenvalue weighted by Gasteiger charge is 2.19. The zero-order chi connectivity index (χ0) is 17.6. The zero-order valence-corrected chi connectivity index (χ0v) is 15.1. The first-order valence-corrected chi connectivity index (χ1v) is 9.49. The van der Waals surface area contributed by atoms with E-state index in [0.29, 0.717) is 5.56 Å². The normalized spacial score (nSPS) is 12.1. The van der Waals surface area contributed by atoms with Gasteiger partial charge >= 0.3 is 0 Å². The summed E-state index contributed by atoms with van der Waals surface area (Å²) in [4.78, 5) is 20.6. The number of ether oxygens (including phenoxy) is 1. The van der Waals surface area contributed by atoms with Crippen LogP contribution in [0.3, 0.4) is 0 Å². The molecule has 0 radical (unpaired) electrons. The highest BCUT2D eigenvalue weighted by molar-refractivity contribution is 7.98. The van der Waals surface area contributed by atoms with Crippen molar-refractivity contribution in [1.29, 1.82) is 0 Å². The van der Waals surface area contributed by atoms with E-state index in [9.17, 15) is 4.79 Å². The predicted octanol–water partition coefficient (Wildman–Crippen LogP) is 3.80. The fraction of sp³-hybridized carbons (Fsp3) is 0.263. The molecule has 0 saturated heterocycles. The number of imidazole rings is 1. The van der Waals surface area contributed by atoms with E-state index < -0.39 is 0 Å². The summed E-state index contributed by atoms with van der Waals surface area (Å²) in [5.41, 5.74) is 2.49. The highest BCUT2D eigenvalue weighted by Crippen LogP contribution is 2.21. The lowest BCUT2D eigenvalue weighted by Gasteiger charge is -2.16. The second-order valence-electron chi connectivity index (χ2n) is 5.68. The van der Waals surface area contributed by atoms with E-state index in [0.717, 1.165) is 34.8 Å². The quantitative estimate of drug-likeness (QED) is 0.676. The molecule has 3 rings (SSSR count). The molecule has 2 aromatic carbocycles. The van der Waals surface area contributed by atoms with Gasteiger partial charge in [-0.2, -0.15) is 11.8 Å². The number of nitrogens with one attached hydrogen (secondary N) is 2. The average Bonchev–Trinajstić information content (AvgIpc) is 3.09. The van der Waals surface area contributed by atoms with E-state index in [4.69, 9.17) is 4.74 Å². The summed E-state index contributed by atoms with van der Waals surface area (Å²) in [5, 5.41) is 3.10. The first-order valence-electron chi connectivity index (χ1n) is 8.09. The monoisotopic (exact) mass is 355 g/mol. The predicted molar refractivity (Wildman–Crippen MR) is 102 cm³/mol. The van der Waals surface area contributed by atoms with Gasteiger partial charge in [0, 0.05) is 5.56 Å². The smallest absolute Gasteiger partial charge is 0.251 e. The first kappa shape index (κ1) is 17.4. The number of rotatable bonds is 7. The van der Waals surface area contributed by atoms with Crippen molar-refractivity contribution < 1.29 is 9.53 Å². The molecular weight excluding hydrogens is 334 g/mol. The summed E-state index contributed by atoms with van der Waals surface area (Å²) >= 11 is 1.75. The molecule has 1 atom stereocenters. The Hall–Kier alpha value is -2.47. The average molecular weight is 355 g/mol. The fourth-order valence-electron chi connectivity index (χ4n) is 2.63. The summed E-state index contributed by atoms with van der Waals surface area (Å²) in [7, 11) is 1.61. The van der Waals surface area contributed by atoms with E-state index in [1.54, 1.807) is 43.1 Å². The van der Waals surface area contributed by atoms with E-state index >= 15 is 0 Å². The third-order valence-electron chi connectivity index (χ3n) is 4.01. The number of aromatic amines is 1. The van der Waals surface area contributed by atoms with Crippen LogP contribution in [0.2, 0.25) is 0 Å². The van der Waals surface area contributed by atoms with Crippen LogP contribution in [0.15, 0.2) is 48.5 Å². The van der Waals surface area contributed by atoms with Crippen LogP contribution in [0, 0.1) is 0 Å². The minimum Gasteiger partial charge on any atom is -0.497 e.